The fourth-order valence-electron chi connectivity index (χ4n) is 5.82. The Morgan fingerprint density at radius 3 is 2.53 bits per heavy atom. The van der Waals surface area contributed by atoms with Crippen LogP contribution in [0.4, 0.5) is 8.78 Å². The summed E-state index contributed by atoms with van der Waals surface area (Å²) in [6, 6.07) is 19.9. The second-order valence-corrected chi connectivity index (χ2v) is 9.12. The quantitative estimate of drug-likeness (QED) is 0.533. The monoisotopic (exact) mass is 481 g/mol. The molecular formula is C29H21F2N3O2. The van der Waals surface area contributed by atoms with Crippen molar-refractivity contribution in [1.29, 1.82) is 5.26 Å². The molecule has 0 unspecified atom stereocenters. The Morgan fingerprint density at radius 2 is 1.86 bits per heavy atom. The van der Waals surface area contributed by atoms with Crippen LogP contribution in [0, 0.1) is 23.0 Å². The van der Waals surface area contributed by atoms with E-state index in [-0.39, 0.29) is 17.0 Å². The van der Waals surface area contributed by atoms with E-state index in [0.717, 1.165) is 17.7 Å². The van der Waals surface area contributed by atoms with Gasteiger partial charge in [-0.2, -0.15) is 5.26 Å². The van der Waals surface area contributed by atoms with Crippen LogP contribution in [0.2, 0.25) is 0 Å². The molecule has 0 radical (unpaired) electrons. The number of hydrogen-bond acceptors (Lipinski definition) is 5. The fourth-order valence-corrected chi connectivity index (χ4v) is 5.82. The minimum absolute atomic E-state index is 0.0933. The first-order valence-electron chi connectivity index (χ1n) is 11.6. The largest absolute Gasteiger partial charge is 0.477 e. The highest BCUT2D eigenvalue weighted by Crippen LogP contribution is 2.70. The van der Waals surface area contributed by atoms with Crippen LogP contribution < -0.4 is 10.1 Å². The molecule has 3 atom stereocenters. The third-order valence-corrected chi connectivity index (χ3v) is 7.26. The maximum absolute atomic E-state index is 15.6. The summed E-state index contributed by atoms with van der Waals surface area (Å²) in [5, 5.41) is 25.3. The topological polar surface area (TPSA) is 77.6 Å². The van der Waals surface area contributed by atoms with E-state index in [1.54, 1.807) is 24.3 Å². The van der Waals surface area contributed by atoms with Gasteiger partial charge in [0.15, 0.2) is 11.2 Å². The number of nitrogens with zero attached hydrogens (tertiary/aromatic N) is 2. The highest BCUT2D eigenvalue weighted by molar-refractivity contribution is 5.88. The number of halogens is 2. The van der Waals surface area contributed by atoms with Gasteiger partial charge in [-0.15, -0.1) is 0 Å². The van der Waals surface area contributed by atoms with Gasteiger partial charge in [-0.1, -0.05) is 56.0 Å². The lowest BCUT2D eigenvalue weighted by atomic mass is 9.69. The molecule has 3 aromatic rings. The minimum Gasteiger partial charge on any atom is -0.477 e. The predicted octanol–water partition coefficient (Wildman–Crippen LogP) is 5.29. The Labute approximate surface area is 206 Å². The number of hydrogen-bond donors (Lipinski definition) is 2. The zero-order valence-corrected chi connectivity index (χ0v) is 19.3. The van der Waals surface area contributed by atoms with Crippen molar-refractivity contribution in [3.8, 4) is 11.8 Å². The summed E-state index contributed by atoms with van der Waals surface area (Å²) in [5.41, 5.74) is -0.943. The number of nitriles is 1. The average molecular weight is 482 g/mol. The minimum atomic E-state index is -2.12. The lowest BCUT2D eigenvalue weighted by Crippen LogP contribution is -2.50. The van der Waals surface area contributed by atoms with E-state index in [1.165, 1.54) is 0 Å². The lowest BCUT2D eigenvalue weighted by molar-refractivity contribution is -0.0941. The van der Waals surface area contributed by atoms with Crippen LogP contribution in [0.15, 0.2) is 95.3 Å². The zero-order chi connectivity index (χ0) is 25.2. The van der Waals surface area contributed by atoms with E-state index >= 15 is 4.39 Å². The van der Waals surface area contributed by atoms with Crippen molar-refractivity contribution >= 4 is 5.84 Å². The van der Waals surface area contributed by atoms with Gasteiger partial charge < -0.3 is 15.2 Å². The van der Waals surface area contributed by atoms with Gasteiger partial charge in [-0.25, -0.2) is 13.8 Å². The highest BCUT2D eigenvalue weighted by atomic mass is 19.1. The Hall–Kier alpha value is -4.28. The second kappa shape index (κ2) is 7.61. The van der Waals surface area contributed by atoms with Gasteiger partial charge in [-0.05, 0) is 17.7 Å². The van der Waals surface area contributed by atoms with Crippen LogP contribution in [0.3, 0.4) is 0 Å². The van der Waals surface area contributed by atoms with E-state index in [4.69, 9.17) is 9.73 Å². The molecule has 0 amide bonds. The van der Waals surface area contributed by atoms with Crippen molar-refractivity contribution in [3.05, 3.63) is 124 Å². The van der Waals surface area contributed by atoms with E-state index in [1.807, 2.05) is 37.3 Å². The van der Waals surface area contributed by atoms with Gasteiger partial charge in [0.2, 0.25) is 0 Å². The summed E-state index contributed by atoms with van der Waals surface area (Å²) in [7, 11) is 0. The Bertz CT molecular complexity index is 1540. The van der Waals surface area contributed by atoms with E-state index in [0.29, 0.717) is 34.7 Å². The number of nitrogens with one attached hydrogen (secondary N) is 1. The number of ether oxygens (including phenoxy) is 1. The van der Waals surface area contributed by atoms with Crippen LogP contribution in [-0.4, -0.2) is 10.9 Å². The predicted molar refractivity (Wildman–Crippen MR) is 130 cm³/mol. The molecule has 0 saturated heterocycles. The Morgan fingerprint density at radius 1 is 1.14 bits per heavy atom. The second-order valence-electron chi connectivity index (χ2n) is 9.12. The summed E-state index contributed by atoms with van der Waals surface area (Å²) in [4.78, 5) is 4.75. The number of aliphatic hydroxyl groups is 1. The van der Waals surface area contributed by atoms with Crippen LogP contribution in [0.5, 0.6) is 5.75 Å². The van der Waals surface area contributed by atoms with E-state index in [2.05, 4.69) is 18.0 Å². The van der Waals surface area contributed by atoms with Crippen LogP contribution in [0.25, 0.3) is 0 Å². The summed E-state index contributed by atoms with van der Waals surface area (Å²) >= 11 is 0. The molecule has 0 spiro atoms. The number of allylic oxidation sites excluding steroid dienone is 1. The molecule has 3 aromatic carbocycles. The number of rotatable bonds is 3. The molecule has 5 nitrogen and oxygen atoms in total. The van der Waals surface area contributed by atoms with Crippen molar-refractivity contribution in [3.63, 3.8) is 0 Å². The number of aliphatic imine (C=N–C) groups is 1. The first-order valence-corrected chi connectivity index (χ1v) is 11.6. The molecule has 7 heteroatoms. The van der Waals surface area contributed by atoms with E-state index < -0.39 is 28.8 Å². The zero-order valence-electron chi connectivity index (χ0n) is 19.3. The molecule has 0 fully saturated rings. The third kappa shape index (κ3) is 2.68. The molecule has 36 heavy (non-hydrogen) atoms. The fraction of sp³-hybridized carbons (Fsp3) is 0.172. The van der Waals surface area contributed by atoms with Gasteiger partial charge in [0.25, 0.3) is 0 Å². The smallest absolute Gasteiger partial charge is 0.184 e. The molecule has 3 aliphatic rings. The SMILES string of the molecule is C=C1NC(CC)=NC2=C1[C@@H](c1ccccc1)[C@]1(c3ccc(C#N)cc3)Oc3cc(F)cc(F)c3[C@]21O. The van der Waals surface area contributed by atoms with Crippen LogP contribution >= 0.6 is 0 Å². The molecule has 2 aliphatic heterocycles. The lowest BCUT2D eigenvalue weighted by Gasteiger charge is -2.41. The molecular weight excluding hydrogens is 460 g/mol. The average Bonchev–Trinajstić information content (AvgIpc) is 3.27. The van der Waals surface area contributed by atoms with Gasteiger partial charge >= 0.3 is 0 Å². The Kier molecular flexibility index (Phi) is 4.69. The molecule has 2 N–H and O–H groups in total. The third-order valence-electron chi connectivity index (χ3n) is 7.26. The van der Waals surface area contributed by atoms with Crippen LogP contribution in [-0.2, 0) is 11.2 Å². The first-order chi connectivity index (χ1) is 17.3. The van der Waals surface area contributed by atoms with Crippen molar-refractivity contribution in [1.82, 2.24) is 5.32 Å². The van der Waals surface area contributed by atoms with Gasteiger partial charge in [-0.3, -0.25) is 0 Å². The van der Waals surface area contributed by atoms with E-state index in [9.17, 15) is 14.8 Å². The van der Waals surface area contributed by atoms with Crippen molar-refractivity contribution in [2.45, 2.75) is 30.5 Å². The summed E-state index contributed by atoms with van der Waals surface area (Å²) in [5.74, 6) is -1.97. The number of benzene rings is 3. The van der Waals surface area contributed by atoms with Crippen molar-refractivity contribution in [2.24, 2.45) is 4.99 Å². The molecule has 0 saturated carbocycles. The summed E-state index contributed by atoms with van der Waals surface area (Å²) in [6.45, 7) is 6.12. The Balaban J connectivity index is 1.76. The van der Waals surface area contributed by atoms with Crippen molar-refractivity contribution < 1.29 is 18.6 Å². The standard InChI is InChI=1S/C29H21F2N3O2/c1-3-23-33-16(2)24-25(18-7-5-4-6-8-18)29(19-11-9-17(15-32)10-12-19)28(35,27(24)34-23)26-21(31)13-20(30)14-22(26)36-29/h4-14,25,35H,2-3H2,1H3,(H,33,34)/t25-,28+,29+/m1/s1. The number of fused-ring (bicyclic) bond motifs is 4. The van der Waals surface area contributed by atoms with Crippen LogP contribution in [0.1, 0.15) is 41.5 Å². The molecule has 2 heterocycles. The molecule has 0 aromatic heterocycles. The van der Waals surface area contributed by atoms with Gasteiger partial charge in [0.1, 0.15) is 23.2 Å². The highest BCUT2D eigenvalue weighted by Gasteiger charge is 2.73. The van der Waals surface area contributed by atoms with Crippen molar-refractivity contribution in [2.75, 3.05) is 0 Å². The summed E-state index contributed by atoms with van der Waals surface area (Å²) < 4.78 is 36.5. The van der Waals surface area contributed by atoms with Gasteiger partial charge in [0.05, 0.1) is 28.8 Å². The molecule has 1 aliphatic carbocycles. The maximum atomic E-state index is 15.6. The molecule has 0 bridgehead atoms. The molecule has 6 rings (SSSR count). The number of amidine groups is 1. The molecule has 178 valence electrons. The van der Waals surface area contributed by atoms with Gasteiger partial charge in [0, 0.05) is 35.4 Å². The normalized spacial score (nSPS) is 25.8. The maximum Gasteiger partial charge on any atom is 0.184 e. The first kappa shape index (κ1) is 22.2. The summed E-state index contributed by atoms with van der Waals surface area (Å²) in [6.07, 6.45) is 0.519.